The van der Waals surface area contributed by atoms with E-state index in [1.165, 1.54) is 27.3 Å². The van der Waals surface area contributed by atoms with Crippen LogP contribution in [0, 0.1) is 0 Å². The van der Waals surface area contributed by atoms with E-state index in [9.17, 15) is 0 Å². The number of hydrogen-bond donors (Lipinski definition) is 10. The van der Waals surface area contributed by atoms with Gasteiger partial charge in [0, 0.05) is 135 Å². The number of H-pyrrole nitrogens is 3. The third-order valence-corrected chi connectivity index (χ3v) is 14.6. The molecule has 6 aromatic rings. The third kappa shape index (κ3) is 14.6. The van der Waals surface area contributed by atoms with E-state index in [1.807, 2.05) is 24.4 Å². The SMILES string of the molecule is C=C(CCC(=C)N1CCSC1=S)NCCCCCC(=C)NC(Cc1c[nH]c2ccccc12)C(=C)NCC(=C)NC(Cc1c[nH]c2ccccc12)C(=C)NCC(=C)N[C@H](Cc1c[nH]c2ccccc12)C(=C)N. The normalized spacial score (nSPS) is 13.6. The number of aromatic nitrogens is 3. The number of para-hydroxylation sites is 3. The van der Waals surface area contributed by atoms with Crippen LogP contribution in [0.4, 0.5) is 0 Å². The van der Waals surface area contributed by atoms with E-state index in [-0.39, 0.29) is 18.1 Å². The Hall–Kier alpha value is -6.96. The van der Waals surface area contributed by atoms with E-state index in [2.05, 4.69) is 171 Å². The molecule has 0 bridgehead atoms. The number of nitrogens with one attached hydrogen (secondary N) is 9. The lowest BCUT2D eigenvalue weighted by atomic mass is 10.0. The van der Waals surface area contributed by atoms with Gasteiger partial charge in [-0.3, -0.25) is 0 Å². The van der Waals surface area contributed by atoms with E-state index in [0.29, 0.717) is 31.6 Å². The number of nitrogens with zero attached hydrogens (tertiary/aromatic N) is 1. The summed E-state index contributed by atoms with van der Waals surface area (Å²) in [5.74, 6) is 1.04. The number of rotatable bonds is 32. The number of fused-ring (bicyclic) bond motifs is 3. The monoisotopic (exact) mass is 988 g/mol. The fraction of sp³-hybridized carbons (Fsp3) is 0.293. The molecule has 71 heavy (non-hydrogen) atoms. The summed E-state index contributed by atoms with van der Waals surface area (Å²) in [5, 5.41) is 25.2. The zero-order valence-corrected chi connectivity index (χ0v) is 42.9. The third-order valence-electron chi connectivity index (χ3n) is 13.2. The fourth-order valence-electron chi connectivity index (χ4n) is 9.06. The van der Waals surface area contributed by atoms with Gasteiger partial charge >= 0.3 is 0 Å². The first kappa shape index (κ1) is 51.9. The second-order valence-electron chi connectivity index (χ2n) is 18.6. The molecule has 13 heteroatoms. The number of benzene rings is 3. The second kappa shape index (κ2) is 25.2. The van der Waals surface area contributed by atoms with Crippen molar-refractivity contribution in [1.29, 1.82) is 0 Å². The molecule has 0 saturated carbocycles. The van der Waals surface area contributed by atoms with Gasteiger partial charge in [-0.2, -0.15) is 0 Å². The maximum Gasteiger partial charge on any atom is 0.140 e. The Morgan fingerprint density at radius 3 is 1.51 bits per heavy atom. The number of nitrogens with two attached hydrogens (primary N) is 1. The number of allylic oxidation sites excluding steroid dienone is 3. The molecule has 1 fully saturated rings. The van der Waals surface area contributed by atoms with Crippen LogP contribution in [-0.2, 0) is 19.3 Å². The standard InChI is InChI=1S/C58H73N11S2/c1-38(25-26-42(5)69-28-29-71-58(69)70)60-27-17-9-10-18-39(2)66-56(31-47-36-64-53-23-15-12-20-50(47)53)44(7)62-34-41(4)68-57(32-48-37-65-54-24-16-13-21-51(48)54)45(8)61-33-40(3)67-55(43(6)59)30-46-35-63-52-22-14-11-19-49(46)52/h11-16,19-24,35-37,55-57,60-68H,1-10,17-18,25-34,59H2/t55-,56?,57?/m1/s1. The van der Waals surface area contributed by atoms with Crippen molar-refractivity contribution in [3.05, 3.63) is 206 Å². The Bertz CT molecular complexity index is 2900. The highest BCUT2D eigenvalue weighted by atomic mass is 32.2. The van der Waals surface area contributed by atoms with Gasteiger partial charge in [0.2, 0.25) is 0 Å². The van der Waals surface area contributed by atoms with Crippen LogP contribution in [0.1, 0.15) is 55.2 Å². The molecule has 1 aliphatic heterocycles. The first-order valence-electron chi connectivity index (χ1n) is 24.6. The smallest absolute Gasteiger partial charge is 0.140 e. The Kier molecular flexibility index (Phi) is 18.4. The molecule has 0 radical (unpaired) electrons. The Balaban J connectivity index is 0.923. The van der Waals surface area contributed by atoms with Gasteiger partial charge in [0.05, 0.1) is 31.2 Å². The van der Waals surface area contributed by atoms with E-state index >= 15 is 0 Å². The minimum atomic E-state index is -0.206. The van der Waals surface area contributed by atoms with Crippen molar-refractivity contribution in [2.75, 3.05) is 31.9 Å². The van der Waals surface area contributed by atoms with Crippen LogP contribution in [-0.4, -0.2) is 74.2 Å². The lowest BCUT2D eigenvalue weighted by molar-refractivity contribution is 0.539. The van der Waals surface area contributed by atoms with E-state index in [0.717, 1.165) is 130 Å². The minimum Gasteiger partial charge on any atom is -0.401 e. The summed E-state index contributed by atoms with van der Waals surface area (Å²) >= 11 is 7.19. The van der Waals surface area contributed by atoms with Gasteiger partial charge < -0.3 is 57.5 Å². The molecular weight excluding hydrogens is 915 g/mol. The molecule has 11 N–H and O–H groups in total. The summed E-state index contributed by atoms with van der Waals surface area (Å²) in [6, 6.07) is 24.5. The van der Waals surface area contributed by atoms with Crippen LogP contribution in [0.5, 0.6) is 0 Å². The summed E-state index contributed by atoms with van der Waals surface area (Å²) in [5.41, 5.74) is 20.0. The van der Waals surface area contributed by atoms with Gasteiger partial charge in [-0.15, -0.1) is 0 Å². The van der Waals surface area contributed by atoms with Crippen molar-refractivity contribution in [2.45, 2.75) is 75.9 Å². The molecule has 11 nitrogen and oxygen atoms in total. The maximum atomic E-state index is 6.34. The summed E-state index contributed by atoms with van der Waals surface area (Å²) < 4.78 is 0.933. The van der Waals surface area contributed by atoms with Crippen LogP contribution in [0.3, 0.4) is 0 Å². The van der Waals surface area contributed by atoms with Gasteiger partial charge in [0.1, 0.15) is 4.32 Å². The van der Waals surface area contributed by atoms with Crippen molar-refractivity contribution in [1.82, 2.24) is 51.8 Å². The van der Waals surface area contributed by atoms with Gasteiger partial charge in [0.15, 0.2) is 0 Å². The fourth-order valence-corrected chi connectivity index (χ4v) is 10.4. The average Bonchev–Trinajstić information content (AvgIpc) is 4.19. The first-order chi connectivity index (χ1) is 34.3. The molecule has 7 rings (SSSR count). The highest BCUT2D eigenvalue weighted by molar-refractivity contribution is 8.23. The van der Waals surface area contributed by atoms with Crippen molar-refractivity contribution < 1.29 is 0 Å². The topological polar surface area (TPSA) is 149 Å². The van der Waals surface area contributed by atoms with E-state index < -0.39 is 0 Å². The molecule has 0 spiro atoms. The summed E-state index contributed by atoms with van der Waals surface area (Å²) in [6.07, 6.45) is 14.0. The predicted octanol–water partition coefficient (Wildman–Crippen LogP) is 10.5. The highest BCUT2D eigenvalue weighted by Gasteiger charge is 2.22. The van der Waals surface area contributed by atoms with Crippen molar-refractivity contribution in [3.63, 3.8) is 0 Å². The van der Waals surface area contributed by atoms with Gasteiger partial charge in [-0.05, 0) is 67.0 Å². The summed E-state index contributed by atoms with van der Waals surface area (Å²) in [7, 11) is 0. The van der Waals surface area contributed by atoms with Crippen LogP contribution in [0.2, 0.25) is 0 Å². The summed E-state index contributed by atoms with van der Waals surface area (Å²) in [4.78, 5) is 12.4. The van der Waals surface area contributed by atoms with E-state index in [4.69, 9.17) is 18.0 Å². The highest BCUT2D eigenvalue weighted by Crippen LogP contribution is 2.26. The van der Waals surface area contributed by atoms with Gasteiger partial charge in [0.25, 0.3) is 0 Å². The average molecular weight is 988 g/mol. The number of aromatic amines is 3. The maximum absolute atomic E-state index is 6.34. The molecule has 0 amide bonds. The number of unbranched alkanes of at least 4 members (excludes halogenated alkanes) is 2. The number of thioether (sulfide) groups is 1. The zero-order valence-electron chi connectivity index (χ0n) is 41.3. The molecule has 4 heterocycles. The van der Waals surface area contributed by atoms with Gasteiger partial charge in [-0.1, -0.05) is 138 Å². The molecule has 1 aliphatic rings. The minimum absolute atomic E-state index is 0.121. The lowest BCUT2D eigenvalue weighted by Crippen LogP contribution is -2.43. The molecule has 3 aromatic carbocycles. The molecule has 1 saturated heterocycles. The Morgan fingerprint density at radius 2 is 1.03 bits per heavy atom. The molecule has 2 unspecified atom stereocenters. The van der Waals surface area contributed by atoms with Crippen LogP contribution < -0.4 is 37.6 Å². The molecular formula is C58H73N11S2. The van der Waals surface area contributed by atoms with Crippen LogP contribution in [0.25, 0.3) is 32.7 Å². The molecule has 372 valence electrons. The molecule has 3 atom stereocenters. The number of hydrogen-bond acceptors (Lipinski definition) is 9. The van der Waals surface area contributed by atoms with Crippen LogP contribution in [0.15, 0.2) is 190 Å². The van der Waals surface area contributed by atoms with Crippen LogP contribution >= 0.6 is 24.0 Å². The van der Waals surface area contributed by atoms with Crippen molar-refractivity contribution >= 4 is 61.0 Å². The van der Waals surface area contributed by atoms with E-state index in [1.54, 1.807) is 11.8 Å². The number of thiocarbonyl (C=S) groups is 1. The Labute approximate surface area is 430 Å². The zero-order chi connectivity index (χ0) is 50.3. The Morgan fingerprint density at radius 1 is 0.563 bits per heavy atom. The second-order valence-corrected chi connectivity index (χ2v) is 20.3. The molecule has 0 aliphatic carbocycles. The largest absolute Gasteiger partial charge is 0.401 e. The van der Waals surface area contributed by atoms with Crippen molar-refractivity contribution in [2.24, 2.45) is 5.73 Å². The summed E-state index contributed by atoms with van der Waals surface area (Å²) in [6.45, 7) is 37.7. The van der Waals surface area contributed by atoms with Gasteiger partial charge in [-0.25, -0.2) is 0 Å². The first-order valence-corrected chi connectivity index (χ1v) is 26.0. The quantitative estimate of drug-likeness (QED) is 0.0146. The predicted molar refractivity (Wildman–Crippen MR) is 308 cm³/mol. The molecule has 3 aromatic heterocycles. The van der Waals surface area contributed by atoms with Crippen molar-refractivity contribution in [3.8, 4) is 0 Å². The lowest BCUT2D eigenvalue weighted by Gasteiger charge is -2.28.